The van der Waals surface area contributed by atoms with Crippen molar-refractivity contribution in [1.29, 1.82) is 0 Å². The zero-order valence-corrected chi connectivity index (χ0v) is 72.9. The number of nitrogens with zero attached hydrogens (tertiary/aromatic N) is 2. The second-order valence-electron chi connectivity index (χ2n) is 36.8. The van der Waals surface area contributed by atoms with E-state index >= 15 is 19.2 Å². The summed E-state index contributed by atoms with van der Waals surface area (Å²) in [4.78, 5) is 66.6. The standard InChI is InChI=1S/C116H84N2O12/c1-55(2)75-13-11-14-76(56(3)4)111(75)117-113(123)91-51-95(127-71-27-19-67(119)20-28-71)105-83-39-35-79-87-47-63-43-59(9)61(45-65(63)49-89(87)81-37-41-85(101(83)99(79)81)107-97(129-73-31-23-69(121)24-32-73)53-93(115(117)125)103(91)109(105)107)17-18-62-46-66-50-90-82-38-42-86-102-84(40-36-80(100(82)102)88(90)48-64(66)44-60(62)10)106-96(128-72-29-21-68(120)22-30-72)52-92-104-94(54-98(108(86)110(104)106)130-74-33-25-70(122)26-34-74)116(126)118(114(92)124)112-77(57(5)6)15-12-16-78(112)58(7)8/h11-16,19-58,119-122H,17-18H2,1-10H3. The molecule has 130 heavy (non-hydrogen) atoms. The Morgan fingerprint density at radius 1 is 0.246 bits per heavy atom. The van der Waals surface area contributed by atoms with Gasteiger partial charge in [-0.25, -0.2) is 9.80 Å². The summed E-state index contributed by atoms with van der Waals surface area (Å²) in [5, 5.41) is 59.3. The maximum absolute atomic E-state index is 16.0. The Hall–Kier alpha value is -15.8. The minimum absolute atomic E-state index is 0.0405. The first-order valence-electron chi connectivity index (χ1n) is 44.5. The second kappa shape index (κ2) is 28.4. The van der Waals surface area contributed by atoms with Gasteiger partial charge in [0, 0.05) is 43.1 Å². The molecule has 4 N–H and O–H groups in total. The van der Waals surface area contributed by atoms with Gasteiger partial charge in [0.1, 0.15) is 69.0 Å². The van der Waals surface area contributed by atoms with Crippen LogP contribution in [0.25, 0.3) is 152 Å². The highest BCUT2D eigenvalue weighted by atomic mass is 16.5. The van der Waals surface area contributed by atoms with E-state index in [1.54, 1.807) is 121 Å². The fraction of sp³-hybridized carbons (Fsp3) is 0.138. The Kier molecular flexibility index (Phi) is 17.0. The van der Waals surface area contributed by atoms with Crippen molar-refractivity contribution in [2.24, 2.45) is 0 Å². The number of rotatable bonds is 17. The van der Waals surface area contributed by atoms with Crippen molar-refractivity contribution < 1.29 is 58.6 Å². The van der Waals surface area contributed by atoms with Crippen molar-refractivity contribution in [3.05, 3.63) is 322 Å². The van der Waals surface area contributed by atoms with Crippen LogP contribution in [-0.2, 0) is 12.8 Å². The van der Waals surface area contributed by atoms with E-state index in [-0.39, 0.29) is 46.7 Å². The predicted octanol–water partition coefficient (Wildman–Crippen LogP) is 29.9. The smallest absolute Gasteiger partial charge is 0.266 e. The van der Waals surface area contributed by atoms with Gasteiger partial charge in [-0.2, -0.15) is 0 Å². The lowest BCUT2D eigenvalue weighted by Crippen LogP contribution is -2.42. The molecule has 2 aliphatic carbocycles. The van der Waals surface area contributed by atoms with Crippen LogP contribution in [0.1, 0.15) is 165 Å². The van der Waals surface area contributed by atoms with E-state index in [4.69, 9.17) is 18.9 Å². The number of amides is 4. The van der Waals surface area contributed by atoms with Crippen LogP contribution in [0.5, 0.6) is 69.0 Å². The van der Waals surface area contributed by atoms with E-state index in [9.17, 15) is 20.4 Å². The van der Waals surface area contributed by atoms with Crippen LogP contribution in [0.4, 0.5) is 11.4 Å². The number of hydrogen-bond donors (Lipinski definition) is 4. The topological polar surface area (TPSA) is 193 Å². The molecule has 0 bridgehead atoms. The minimum Gasteiger partial charge on any atom is -0.508 e. The average molecular weight is 1700 g/mol. The van der Waals surface area contributed by atoms with E-state index in [0.29, 0.717) is 123 Å². The average Bonchev–Trinajstić information content (AvgIpc) is 1.15. The van der Waals surface area contributed by atoms with E-state index in [0.717, 1.165) is 144 Å². The largest absolute Gasteiger partial charge is 0.508 e. The van der Waals surface area contributed by atoms with Crippen LogP contribution in [0.3, 0.4) is 0 Å². The Bertz CT molecular complexity index is 7700. The van der Waals surface area contributed by atoms with Gasteiger partial charge >= 0.3 is 0 Å². The van der Waals surface area contributed by atoms with Crippen LogP contribution in [0.2, 0.25) is 0 Å². The number of imide groups is 2. The normalized spacial score (nSPS) is 13.3. The molecule has 24 rings (SSSR count). The monoisotopic (exact) mass is 1700 g/mol. The molecule has 0 radical (unpaired) electrons. The zero-order chi connectivity index (χ0) is 88.9. The van der Waals surface area contributed by atoms with Crippen LogP contribution in [-0.4, -0.2) is 44.1 Å². The van der Waals surface area contributed by atoms with Gasteiger partial charge < -0.3 is 39.4 Å². The molecule has 0 saturated carbocycles. The number of anilines is 2. The summed E-state index contributed by atoms with van der Waals surface area (Å²) in [5.41, 5.74) is 19.3. The highest BCUT2D eigenvalue weighted by Crippen LogP contribution is 2.62. The molecular weight excluding hydrogens is 1610 g/mol. The lowest BCUT2D eigenvalue weighted by atomic mass is 9.82. The molecule has 4 amide bonds. The van der Waals surface area contributed by atoms with E-state index < -0.39 is 23.6 Å². The molecule has 4 aliphatic rings. The predicted molar refractivity (Wildman–Crippen MR) is 520 cm³/mol. The molecule has 0 atom stereocenters. The second-order valence-corrected chi connectivity index (χ2v) is 36.8. The van der Waals surface area contributed by atoms with Crippen LogP contribution in [0.15, 0.2) is 255 Å². The summed E-state index contributed by atoms with van der Waals surface area (Å²) < 4.78 is 28.3. The first kappa shape index (κ1) is 77.7. The van der Waals surface area contributed by atoms with E-state index in [1.165, 1.54) is 32.1 Å². The highest BCUT2D eigenvalue weighted by molar-refractivity contribution is 6.48. The molecule has 2 aliphatic heterocycles. The highest BCUT2D eigenvalue weighted by Gasteiger charge is 2.44. The molecular formula is C116H84N2O12. The number of para-hydroxylation sites is 2. The Balaban J connectivity index is 0.618. The molecule has 2 heterocycles. The van der Waals surface area contributed by atoms with Crippen LogP contribution >= 0.6 is 0 Å². The van der Waals surface area contributed by atoms with E-state index in [2.05, 4.69) is 166 Å². The van der Waals surface area contributed by atoms with Crippen LogP contribution in [0, 0.1) is 13.8 Å². The number of carbonyl (C=O) groups is 4. The summed E-state index contributed by atoms with van der Waals surface area (Å²) >= 11 is 0. The molecule has 0 unspecified atom stereocenters. The zero-order valence-electron chi connectivity index (χ0n) is 72.9. The number of fused-ring (bicyclic) bond motifs is 12. The number of phenols is 4. The fourth-order valence-electron chi connectivity index (χ4n) is 21.9. The molecule has 20 aromatic carbocycles. The first-order chi connectivity index (χ1) is 62.9. The molecule has 0 fully saturated rings. The van der Waals surface area contributed by atoms with Gasteiger partial charge in [0.2, 0.25) is 0 Å². The van der Waals surface area contributed by atoms with Gasteiger partial charge in [0.15, 0.2) is 0 Å². The maximum Gasteiger partial charge on any atom is 0.266 e. The van der Waals surface area contributed by atoms with E-state index in [1.807, 2.05) is 36.4 Å². The third-order valence-corrected chi connectivity index (χ3v) is 27.9. The van der Waals surface area contributed by atoms with Crippen molar-refractivity contribution in [2.45, 2.75) is 106 Å². The lowest BCUT2D eigenvalue weighted by Gasteiger charge is -2.33. The van der Waals surface area contributed by atoms with Crippen molar-refractivity contribution in [3.8, 4) is 114 Å². The van der Waals surface area contributed by atoms with Gasteiger partial charge in [0.05, 0.1) is 33.6 Å². The number of aromatic hydroxyl groups is 4. The van der Waals surface area contributed by atoms with Gasteiger partial charge in [-0.15, -0.1) is 0 Å². The van der Waals surface area contributed by atoms with Crippen molar-refractivity contribution >= 4 is 143 Å². The summed E-state index contributed by atoms with van der Waals surface area (Å²) in [5.74, 6) is 1.48. The van der Waals surface area contributed by atoms with Crippen molar-refractivity contribution in [1.82, 2.24) is 0 Å². The van der Waals surface area contributed by atoms with Gasteiger partial charge in [0.25, 0.3) is 23.6 Å². The van der Waals surface area contributed by atoms with Gasteiger partial charge in [-0.3, -0.25) is 19.2 Å². The number of benzene rings is 20. The molecule has 14 heteroatoms. The molecule has 20 aromatic rings. The number of hydrogen-bond acceptors (Lipinski definition) is 12. The summed E-state index contributed by atoms with van der Waals surface area (Å²) in [7, 11) is 0. The Morgan fingerprint density at radius 2 is 0.485 bits per heavy atom. The lowest BCUT2D eigenvalue weighted by molar-refractivity contribution is 0.0877. The third-order valence-electron chi connectivity index (χ3n) is 27.9. The number of carbonyl (C=O) groups excluding carboxylic acids is 4. The Morgan fingerprint density at radius 3 is 0.731 bits per heavy atom. The summed E-state index contributed by atoms with van der Waals surface area (Å²) in [6.45, 7) is 21.0. The summed E-state index contributed by atoms with van der Waals surface area (Å²) in [6, 6.07) is 81.5. The molecule has 0 saturated heterocycles. The fourth-order valence-corrected chi connectivity index (χ4v) is 21.9. The quantitative estimate of drug-likeness (QED) is 0.0384. The SMILES string of the molecule is Cc1cc2cc3c(cc2cc1CCc1cc2cc4c(cc2cc1C)-c1ccc2c5c(Oc6ccc(O)cc6)cc6c7c(cc(Oc8ccc(O)cc8)c(c8ccc-4c1c28)c75)C(=O)N(c1c(C(C)C)cccc1C(C)C)C6=O)-c1ccc2c4c(Oc5ccc(O)cc5)cc5c6c(cc(Oc7ccc(O)cc7)c(c7ccc-3c1c72)c64)C(=O)N(c1c(C(C)C)cccc1C(C)C)C5=O. The van der Waals surface area contributed by atoms with Gasteiger partial charge in [-0.05, 0) is 350 Å². The van der Waals surface area contributed by atoms with Gasteiger partial charge in [-0.1, -0.05) is 165 Å². The molecule has 14 nitrogen and oxygen atoms in total. The first-order valence-corrected chi connectivity index (χ1v) is 44.5. The van der Waals surface area contributed by atoms with Crippen molar-refractivity contribution in [2.75, 3.05) is 9.80 Å². The molecule has 630 valence electrons. The Labute approximate surface area is 747 Å². The summed E-state index contributed by atoms with van der Waals surface area (Å²) in [6.07, 6.45) is 1.57. The molecule has 0 spiro atoms. The van der Waals surface area contributed by atoms with Crippen LogP contribution < -0.4 is 28.7 Å². The number of ether oxygens (including phenoxy) is 4. The third kappa shape index (κ3) is 11.4. The molecule has 0 aromatic heterocycles. The number of aryl methyl sites for hydroxylation is 4. The maximum atomic E-state index is 16.0. The minimum atomic E-state index is -0.473. The van der Waals surface area contributed by atoms with Crippen molar-refractivity contribution in [3.63, 3.8) is 0 Å². The number of phenolic OH excluding ortho intramolecular Hbond substituents is 4.